The van der Waals surface area contributed by atoms with Crippen LogP contribution in [0.2, 0.25) is 0 Å². The summed E-state index contributed by atoms with van der Waals surface area (Å²) < 4.78 is 7.83. The Labute approximate surface area is 171 Å². The molecule has 150 valence electrons. The Balaban J connectivity index is 1.42. The summed E-state index contributed by atoms with van der Waals surface area (Å²) in [7, 11) is 0. The van der Waals surface area contributed by atoms with Crippen LogP contribution in [0.15, 0.2) is 61.2 Å². The Hall–Kier alpha value is -3.15. The Bertz CT molecular complexity index is 946. The molecule has 4 rings (SSSR count). The maximum atomic E-state index is 13.0. The zero-order chi connectivity index (χ0) is 20.1. The van der Waals surface area contributed by atoms with Crippen LogP contribution in [0.1, 0.15) is 47.4 Å². The number of piperidine rings is 1. The number of likely N-dealkylation sites (tertiary alicyclic amines) is 1. The third kappa shape index (κ3) is 4.31. The van der Waals surface area contributed by atoms with Crippen molar-refractivity contribution in [2.24, 2.45) is 0 Å². The first-order valence-corrected chi connectivity index (χ1v) is 10.2. The van der Waals surface area contributed by atoms with Crippen LogP contribution in [0, 0.1) is 0 Å². The molecular weight excluding hydrogens is 364 g/mol. The lowest BCUT2D eigenvalue weighted by atomic mass is 9.95. The van der Waals surface area contributed by atoms with Gasteiger partial charge in [-0.2, -0.15) is 0 Å². The summed E-state index contributed by atoms with van der Waals surface area (Å²) in [5.41, 5.74) is 1.80. The van der Waals surface area contributed by atoms with Crippen LogP contribution in [-0.2, 0) is 6.54 Å². The smallest absolute Gasteiger partial charge is 0.257 e. The van der Waals surface area contributed by atoms with Crippen LogP contribution in [0.25, 0.3) is 0 Å². The molecule has 1 aliphatic heterocycles. The van der Waals surface area contributed by atoms with Gasteiger partial charge in [-0.15, -0.1) is 0 Å². The molecule has 0 saturated carbocycles. The number of rotatable bonds is 6. The van der Waals surface area contributed by atoms with Crippen molar-refractivity contribution in [1.29, 1.82) is 0 Å². The fourth-order valence-electron chi connectivity index (χ4n) is 3.94. The summed E-state index contributed by atoms with van der Waals surface area (Å²) >= 11 is 0. The van der Waals surface area contributed by atoms with Crippen molar-refractivity contribution in [1.82, 2.24) is 19.4 Å². The first-order chi connectivity index (χ1) is 14.3. The molecule has 0 atom stereocenters. The highest BCUT2D eigenvalue weighted by molar-refractivity contribution is 5.97. The van der Waals surface area contributed by atoms with Crippen LogP contribution >= 0.6 is 0 Å². The highest BCUT2D eigenvalue weighted by Crippen LogP contribution is 2.29. The van der Waals surface area contributed by atoms with E-state index in [0.29, 0.717) is 23.8 Å². The molecule has 0 N–H and O–H groups in total. The molecule has 3 heterocycles. The Morgan fingerprint density at radius 2 is 1.97 bits per heavy atom. The van der Waals surface area contributed by atoms with Gasteiger partial charge in [0.2, 0.25) is 0 Å². The lowest BCUT2D eigenvalue weighted by molar-refractivity contribution is 0.0706. The first-order valence-electron chi connectivity index (χ1n) is 10.2. The number of imidazole rings is 1. The molecule has 0 bridgehead atoms. The number of ether oxygens (including phenoxy) is 1. The average Bonchev–Trinajstić information content (AvgIpc) is 3.23. The standard InChI is InChI=1S/C23H26N4O2/c1-2-29-21-8-4-3-7-20(21)23(28)26-13-9-19(10-14-26)22-25-12-15-27(22)17-18-6-5-11-24-16-18/h3-8,11-12,15-16,19H,2,9-10,13-14,17H2,1H3. The third-order valence-electron chi connectivity index (χ3n) is 5.39. The van der Waals surface area contributed by atoms with Gasteiger partial charge in [0, 0.05) is 43.8 Å². The minimum absolute atomic E-state index is 0.0474. The van der Waals surface area contributed by atoms with E-state index in [9.17, 15) is 4.79 Å². The van der Waals surface area contributed by atoms with E-state index in [-0.39, 0.29) is 5.91 Å². The average molecular weight is 390 g/mol. The molecule has 1 amide bonds. The number of nitrogens with zero attached hydrogens (tertiary/aromatic N) is 4. The third-order valence-corrected chi connectivity index (χ3v) is 5.39. The summed E-state index contributed by atoms with van der Waals surface area (Å²) in [6.45, 7) is 4.70. The summed E-state index contributed by atoms with van der Waals surface area (Å²) in [4.78, 5) is 23.8. The molecule has 1 fully saturated rings. The van der Waals surface area contributed by atoms with Crippen LogP contribution in [0.3, 0.4) is 0 Å². The molecule has 0 unspecified atom stereocenters. The Morgan fingerprint density at radius 3 is 2.72 bits per heavy atom. The molecular formula is C23H26N4O2. The molecule has 2 aromatic heterocycles. The zero-order valence-corrected chi connectivity index (χ0v) is 16.7. The zero-order valence-electron chi connectivity index (χ0n) is 16.7. The van der Waals surface area contributed by atoms with E-state index < -0.39 is 0 Å². The first kappa shape index (κ1) is 19.2. The van der Waals surface area contributed by atoms with Gasteiger partial charge < -0.3 is 14.2 Å². The second-order valence-corrected chi connectivity index (χ2v) is 7.27. The molecule has 0 aliphatic carbocycles. The monoisotopic (exact) mass is 390 g/mol. The number of hydrogen-bond acceptors (Lipinski definition) is 4. The normalized spacial score (nSPS) is 14.7. The topological polar surface area (TPSA) is 60.2 Å². The van der Waals surface area contributed by atoms with E-state index in [0.717, 1.165) is 43.9 Å². The number of para-hydroxylation sites is 1. The minimum atomic E-state index is 0.0474. The summed E-state index contributed by atoms with van der Waals surface area (Å²) in [5, 5.41) is 0. The molecule has 0 spiro atoms. The second-order valence-electron chi connectivity index (χ2n) is 7.27. The molecule has 3 aromatic rings. The fraction of sp³-hybridized carbons (Fsp3) is 0.348. The number of amides is 1. The number of hydrogen-bond donors (Lipinski definition) is 0. The number of pyridine rings is 1. The largest absolute Gasteiger partial charge is 0.493 e. The van der Waals surface area contributed by atoms with Crippen molar-refractivity contribution in [3.63, 3.8) is 0 Å². The van der Waals surface area contributed by atoms with E-state index in [1.54, 1.807) is 6.20 Å². The highest BCUT2D eigenvalue weighted by atomic mass is 16.5. The maximum absolute atomic E-state index is 13.0. The molecule has 6 nitrogen and oxygen atoms in total. The summed E-state index contributed by atoms with van der Waals surface area (Å²) in [6.07, 6.45) is 9.38. The van der Waals surface area contributed by atoms with E-state index >= 15 is 0 Å². The Morgan fingerprint density at radius 1 is 1.14 bits per heavy atom. The number of aromatic nitrogens is 3. The van der Waals surface area contributed by atoms with Crippen LogP contribution < -0.4 is 4.74 Å². The second kappa shape index (κ2) is 8.90. The van der Waals surface area contributed by atoms with Gasteiger partial charge in [0.25, 0.3) is 5.91 Å². The molecule has 29 heavy (non-hydrogen) atoms. The van der Waals surface area contributed by atoms with Crippen molar-refractivity contribution >= 4 is 5.91 Å². The van der Waals surface area contributed by atoms with Gasteiger partial charge in [0.1, 0.15) is 11.6 Å². The molecule has 1 aromatic carbocycles. The van der Waals surface area contributed by atoms with E-state index in [4.69, 9.17) is 4.74 Å². The van der Waals surface area contributed by atoms with Crippen molar-refractivity contribution < 1.29 is 9.53 Å². The van der Waals surface area contributed by atoms with Gasteiger partial charge in [-0.3, -0.25) is 9.78 Å². The van der Waals surface area contributed by atoms with Gasteiger partial charge in [0.15, 0.2) is 0 Å². The van der Waals surface area contributed by atoms with Gasteiger partial charge >= 0.3 is 0 Å². The van der Waals surface area contributed by atoms with E-state index in [1.165, 1.54) is 0 Å². The maximum Gasteiger partial charge on any atom is 0.257 e. The number of carbonyl (C=O) groups excluding carboxylic acids is 1. The van der Waals surface area contributed by atoms with Crippen molar-refractivity contribution in [2.45, 2.75) is 32.2 Å². The van der Waals surface area contributed by atoms with Crippen LogP contribution in [0.4, 0.5) is 0 Å². The van der Waals surface area contributed by atoms with Crippen molar-refractivity contribution in [3.8, 4) is 5.75 Å². The lowest BCUT2D eigenvalue weighted by Gasteiger charge is -2.32. The van der Waals surface area contributed by atoms with Gasteiger partial charge in [0.05, 0.1) is 18.7 Å². The van der Waals surface area contributed by atoms with Gasteiger partial charge in [-0.1, -0.05) is 18.2 Å². The van der Waals surface area contributed by atoms with E-state index in [1.807, 2.05) is 60.7 Å². The predicted octanol–water partition coefficient (Wildman–Crippen LogP) is 3.74. The summed E-state index contributed by atoms with van der Waals surface area (Å²) in [5.74, 6) is 2.16. The van der Waals surface area contributed by atoms with Gasteiger partial charge in [-0.25, -0.2) is 4.98 Å². The van der Waals surface area contributed by atoms with E-state index in [2.05, 4.69) is 20.6 Å². The van der Waals surface area contributed by atoms with Crippen LogP contribution in [-0.4, -0.2) is 45.0 Å². The fourth-order valence-corrected chi connectivity index (χ4v) is 3.94. The van der Waals surface area contributed by atoms with Crippen molar-refractivity contribution in [2.75, 3.05) is 19.7 Å². The van der Waals surface area contributed by atoms with Crippen molar-refractivity contribution in [3.05, 3.63) is 78.1 Å². The van der Waals surface area contributed by atoms with Crippen LogP contribution in [0.5, 0.6) is 5.75 Å². The number of carbonyl (C=O) groups is 1. The molecule has 6 heteroatoms. The molecule has 0 radical (unpaired) electrons. The summed E-state index contributed by atoms with van der Waals surface area (Å²) in [6, 6.07) is 11.5. The SMILES string of the molecule is CCOc1ccccc1C(=O)N1CCC(c2nccn2Cc2cccnc2)CC1. The lowest BCUT2D eigenvalue weighted by Crippen LogP contribution is -2.38. The quantitative estimate of drug-likeness (QED) is 0.643. The predicted molar refractivity (Wildman–Crippen MR) is 111 cm³/mol. The molecule has 1 aliphatic rings. The minimum Gasteiger partial charge on any atom is -0.493 e. The van der Waals surface area contributed by atoms with Gasteiger partial charge in [-0.05, 0) is 43.5 Å². The molecule has 1 saturated heterocycles. The number of benzene rings is 1. The highest BCUT2D eigenvalue weighted by Gasteiger charge is 2.28. The Kier molecular flexibility index (Phi) is 5.89.